The number of carboxylic acid groups (broad SMARTS) is 1. The first-order valence-corrected chi connectivity index (χ1v) is 6.76. The van der Waals surface area contributed by atoms with Gasteiger partial charge in [-0.25, -0.2) is 14.0 Å². The van der Waals surface area contributed by atoms with Gasteiger partial charge in [0.2, 0.25) is 5.43 Å². The van der Waals surface area contributed by atoms with Crippen molar-refractivity contribution >= 4 is 11.9 Å². The first kappa shape index (κ1) is 16.4. The van der Waals surface area contributed by atoms with Gasteiger partial charge in [-0.2, -0.15) is 0 Å². The Hall–Kier alpha value is -2.96. The zero-order chi connectivity index (χ0) is 17.1. The molecule has 23 heavy (non-hydrogen) atoms. The van der Waals surface area contributed by atoms with Crippen molar-refractivity contribution < 1.29 is 23.8 Å². The number of hydrogen-bond donors (Lipinski definition) is 1. The summed E-state index contributed by atoms with van der Waals surface area (Å²) in [4.78, 5) is 35.9. The van der Waals surface area contributed by atoms with E-state index in [0.29, 0.717) is 0 Å². The Balaban J connectivity index is 2.83. The summed E-state index contributed by atoms with van der Waals surface area (Å²) in [6, 6.07) is 4.86. The molecule has 0 aliphatic carbocycles. The fourth-order valence-electron chi connectivity index (χ4n) is 2.22. The normalized spacial score (nSPS) is 10.4. The van der Waals surface area contributed by atoms with Crippen molar-refractivity contribution in [2.24, 2.45) is 7.05 Å². The van der Waals surface area contributed by atoms with Crippen molar-refractivity contribution in [2.45, 2.75) is 6.92 Å². The molecule has 0 unspecified atom stereocenters. The number of hydrogen-bond acceptors (Lipinski definition) is 4. The second-order valence-electron chi connectivity index (χ2n) is 4.74. The van der Waals surface area contributed by atoms with E-state index in [1.807, 2.05) is 0 Å². The van der Waals surface area contributed by atoms with Gasteiger partial charge in [-0.1, -0.05) is 12.1 Å². The van der Waals surface area contributed by atoms with E-state index in [1.165, 1.54) is 23.7 Å². The summed E-state index contributed by atoms with van der Waals surface area (Å²) in [5.74, 6) is -2.69. The molecule has 7 heteroatoms. The first-order valence-electron chi connectivity index (χ1n) is 6.76. The average molecular weight is 319 g/mol. The number of carbonyl (C=O) groups is 2. The molecule has 0 saturated carbocycles. The van der Waals surface area contributed by atoms with Gasteiger partial charge in [0.1, 0.15) is 17.1 Å². The molecule has 0 bridgehead atoms. The van der Waals surface area contributed by atoms with Crippen molar-refractivity contribution in [2.75, 3.05) is 6.61 Å². The highest BCUT2D eigenvalue weighted by Crippen LogP contribution is 2.22. The van der Waals surface area contributed by atoms with Crippen molar-refractivity contribution in [1.29, 1.82) is 0 Å². The lowest BCUT2D eigenvalue weighted by Crippen LogP contribution is -2.25. The van der Waals surface area contributed by atoms with Crippen LogP contribution in [0.3, 0.4) is 0 Å². The molecule has 0 radical (unpaired) electrons. The Kier molecular flexibility index (Phi) is 4.59. The van der Waals surface area contributed by atoms with E-state index in [2.05, 4.69) is 0 Å². The molecule has 6 nitrogen and oxygen atoms in total. The highest BCUT2D eigenvalue weighted by molar-refractivity contribution is 5.98. The van der Waals surface area contributed by atoms with Crippen LogP contribution in [0.4, 0.5) is 4.39 Å². The minimum Gasteiger partial charge on any atom is -0.477 e. The quantitative estimate of drug-likeness (QED) is 0.872. The van der Waals surface area contributed by atoms with Gasteiger partial charge in [-0.05, 0) is 24.6 Å². The van der Waals surface area contributed by atoms with Crippen LogP contribution in [0.15, 0.2) is 35.3 Å². The molecule has 120 valence electrons. The minimum atomic E-state index is -1.41. The van der Waals surface area contributed by atoms with Crippen molar-refractivity contribution in [3.8, 4) is 11.1 Å². The number of halogens is 1. The molecule has 1 aromatic carbocycles. The number of aromatic nitrogens is 1. The van der Waals surface area contributed by atoms with Gasteiger partial charge in [-0.15, -0.1) is 0 Å². The molecule has 0 spiro atoms. The number of esters is 1. The number of pyridine rings is 1. The Labute approximate surface area is 130 Å². The number of benzene rings is 1. The number of ether oxygens (including phenoxy) is 1. The van der Waals surface area contributed by atoms with E-state index >= 15 is 0 Å². The highest BCUT2D eigenvalue weighted by Gasteiger charge is 2.24. The van der Waals surface area contributed by atoms with E-state index in [9.17, 15) is 18.8 Å². The molecule has 2 rings (SSSR count). The summed E-state index contributed by atoms with van der Waals surface area (Å²) in [6.07, 6.45) is 1.06. The van der Waals surface area contributed by atoms with Crippen LogP contribution in [0.2, 0.25) is 0 Å². The van der Waals surface area contributed by atoms with Gasteiger partial charge in [0, 0.05) is 13.2 Å². The zero-order valence-corrected chi connectivity index (χ0v) is 12.5. The van der Waals surface area contributed by atoms with Gasteiger partial charge < -0.3 is 14.4 Å². The standard InChI is InChI=1S/C16H14FNO5/c1-3-23-16(22)13-12(9-4-6-10(17)7-5-9)14(19)11(15(20)21)8-18(13)2/h4-8H,3H2,1-2H3,(H,20,21). The van der Waals surface area contributed by atoms with E-state index in [-0.39, 0.29) is 23.4 Å². The number of carbonyl (C=O) groups excluding carboxylic acids is 1. The smallest absolute Gasteiger partial charge is 0.355 e. The monoisotopic (exact) mass is 319 g/mol. The third kappa shape index (κ3) is 3.13. The second kappa shape index (κ2) is 6.43. The Morgan fingerprint density at radius 1 is 1.26 bits per heavy atom. The van der Waals surface area contributed by atoms with Crippen molar-refractivity contribution in [3.05, 3.63) is 57.8 Å². The van der Waals surface area contributed by atoms with Gasteiger partial charge >= 0.3 is 11.9 Å². The van der Waals surface area contributed by atoms with Crippen LogP contribution in [-0.4, -0.2) is 28.2 Å². The van der Waals surface area contributed by atoms with Crippen molar-refractivity contribution in [3.63, 3.8) is 0 Å². The molecule has 1 heterocycles. The van der Waals surface area contributed by atoms with Crippen LogP contribution in [0.1, 0.15) is 27.8 Å². The summed E-state index contributed by atoms with van der Waals surface area (Å²) < 4.78 is 19.3. The van der Waals surface area contributed by atoms with Crippen LogP contribution in [-0.2, 0) is 11.8 Å². The molecule has 1 N–H and O–H groups in total. The van der Waals surface area contributed by atoms with Gasteiger partial charge in [0.05, 0.1) is 12.2 Å². The Morgan fingerprint density at radius 2 is 1.87 bits per heavy atom. The van der Waals surface area contributed by atoms with Crippen LogP contribution in [0, 0.1) is 5.82 Å². The zero-order valence-electron chi connectivity index (χ0n) is 12.5. The fourth-order valence-corrected chi connectivity index (χ4v) is 2.22. The molecule has 0 aliphatic rings. The van der Waals surface area contributed by atoms with Gasteiger partial charge in [-0.3, -0.25) is 4.79 Å². The summed E-state index contributed by atoms with van der Waals surface area (Å²) in [7, 11) is 1.44. The van der Waals surface area contributed by atoms with E-state index in [1.54, 1.807) is 6.92 Å². The molecule has 0 amide bonds. The van der Waals surface area contributed by atoms with E-state index in [4.69, 9.17) is 9.84 Å². The van der Waals surface area contributed by atoms with Gasteiger partial charge in [0.15, 0.2) is 0 Å². The predicted octanol–water partition coefficient (Wildman–Crippen LogP) is 2.07. The van der Waals surface area contributed by atoms with E-state index in [0.717, 1.165) is 18.3 Å². The average Bonchev–Trinajstić information content (AvgIpc) is 2.49. The fraction of sp³-hybridized carbons (Fsp3) is 0.188. The lowest BCUT2D eigenvalue weighted by molar-refractivity contribution is 0.0513. The van der Waals surface area contributed by atoms with Crippen LogP contribution < -0.4 is 5.43 Å². The van der Waals surface area contributed by atoms with Crippen molar-refractivity contribution in [1.82, 2.24) is 4.57 Å². The number of aromatic carboxylic acids is 1. The third-order valence-corrected chi connectivity index (χ3v) is 3.22. The summed E-state index contributed by atoms with van der Waals surface area (Å²) >= 11 is 0. The molecule has 0 aliphatic heterocycles. The van der Waals surface area contributed by atoms with Crippen LogP contribution in [0.5, 0.6) is 0 Å². The highest BCUT2D eigenvalue weighted by atomic mass is 19.1. The topological polar surface area (TPSA) is 85.6 Å². The molecule has 1 aromatic heterocycles. The Morgan fingerprint density at radius 3 is 2.39 bits per heavy atom. The summed E-state index contributed by atoms with van der Waals surface area (Å²) in [5.41, 5.74) is -1.30. The maximum atomic E-state index is 13.1. The second-order valence-corrected chi connectivity index (χ2v) is 4.74. The number of rotatable bonds is 4. The number of aryl methyl sites for hydroxylation is 1. The van der Waals surface area contributed by atoms with Crippen LogP contribution >= 0.6 is 0 Å². The largest absolute Gasteiger partial charge is 0.477 e. The third-order valence-electron chi connectivity index (χ3n) is 3.22. The number of nitrogens with zero attached hydrogens (tertiary/aromatic N) is 1. The molecule has 0 saturated heterocycles. The number of carboxylic acids is 1. The molecule has 2 aromatic rings. The summed E-state index contributed by atoms with van der Waals surface area (Å²) in [5, 5.41) is 9.15. The minimum absolute atomic E-state index is 0.0894. The molecule has 0 fully saturated rings. The maximum absolute atomic E-state index is 13.1. The first-order chi connectivity index (χ1) is 10.9. The van der Waals surface area contributed by atoms with Crippen LogP contribution in [0.25, 0.3) is 11.1 Å². The molecule has 0 atom stereocenters. The lowest BCUT2D eigenvalue weighted by Gasteiger charge is -2.14. The molecular weight excluding hydrogens is 305 g/mol. The summed E-state index contributed by atoms with van der Waals surface area (Å²) in [6.45, 7) is 1.70. The SMILES string of the molecule is CCOC(=O)c1c(-c2ccc(F)cc2)c(=O)c(C(=O)O)cn1C. The van der Waals surface area contributed by atoms with E-state index < -0.39 is 28.7 Å². The maximum Gasteiger partial charge on any atom is 0.355 e. The predicted molar refractivity (Wildman–Crippen MR) is 80.0 cm³/mol. The van der Waals surface area contributed by atoms with Gasteiger partial charge in [0.25, 0.3) is 0 Å². The Bertz CT molecular complexity index is 824. The lowest BCUT2D eigenvalue weighted by atomic mass is 10.0. The molecular formula is C16H14FNO5.